The van der Waals surface area contributed by atoms with Crippen LogP contribution in [-0.4, -0.2) is 19.1 Å². The lowest BCUT2D eigenvalue weighted by Gasteiger charge is -2.11. The molecule has 0 saturated carbocycles. The fraction of sp³-hybridized carbons (Fsp3) is 0.267. The van der Waals surface area contributed by atoms with E-state index in [1.54, 1.807) is 11.3 Å². The predicted octanol–water partition coefficient (Wildman–Crippen LogP) is 3.66. The third kappa shape index (κ3) is 2.60. The average Bonchev–Trinajstić information content (AvgIpc) is 2.80. The number of fused-ring (bicyclic) bond motifs is 1. The van der Waals surface area contributed by atoms with Crippen LogP contribution in [0.2, 0.25) is 0 Å². The Labute approximate surface area is 130 Å². The van der Waals surface area contributed by atoms with Crippen LogP contribution in [0.5, 0.6) is 5.75 Å². The zero-order valence-electron chi connectivity index (χ0n) is 11.0. The summed E-state index contributed by atoms with van der Waals surface area (Å²) in [6.07, 6.45) is 0. The van der Waals surface area contributed by atoms with Gasteiger partial charge in [0.25, 0.3) is 5.91 Å². The van der Waals surface area contributed by atoms with Gasteiger partial charge in [-0.2, -0.15) is 0 Å². The lowest BCUT2D eigenvalue weighted by molar-refractivity contribution is 0.0957. The lowest BCUT2D eigenvalue weighted by atomic mass is 10.1. The molecule has 0 fully saturated rings. The molecule has 2 aromatic rings. The number of carbonyl (C=O) groups excluding carboxylic acids is 1. The number of alkyl halides is 1. The highest BCUT2D eigenvalue weighted by Gasteiger charge is 2.20. The van der Waals surface area contributed by atoms with Crippen LogP contribution < -0.4 is 10.1 Å². The normalized spacial score (nSPS) is 15.8. The Bertz CT molecular complexity index is 653. The smallest absolute Gasteiger partial charge is 0.255 e. The van der Waals surface area contributed by atoms with Crippen LogP contribution in [0.15, 0.2) is 30.3 Å². The summed E-state index contributed by atoms with van der Waals surface area (Å²) in [5, 5.41) is 2.83. The van der Waals surface area contributed by atoms with Gasteiger partial charge in [0.2, 0.25) is 0 Å². The summed E-state index contributed by atoms with van der Waals surface area (Å²) >= 11 is 5.47. The molecule has 104 valence electrons. The molecule has 1 aromatic heterocycles. The molecule has 0 spiro atoms. The van der Waals surface area contributed by atoms with Crippen molar-refractivity contribution in [1.82, 2.24) is 5.32 Å². The second-order valence-corrected chi connectivity index (χ2v) is 6.91. The third-order valence-electron chi connectivity index (χ3n) is 3.20. The van der Waals surface area contributed by atoms with Crippen LogP contribution >= 0.6 is 27.3 Å². The number of ether oxygens (including phenoxy) is 1. The predicted molar refractivity (Wildman–Crippen MR) is 84.1 cm³/mol. The molecule has 1 N–H and O–H groups in total. The Morgan fingerprint density at radius 1 is 1.35 bits per heavy atom. The fourth-order valence-electron chi connectivity index (χ4n) is 2.18. The van der Waals surface area contributed by atoms with Gasteiger partial charge in [-0.3, -0.25) is 4.79 Å². The van der Waals surface area contributed by atoms with Crippen molar-refractivity contribution < 1.29 is 9.53 Å². The maximum Gasteiger partial charge on any atom is 0.255 e. The Kier molecular flexibility index (Phi) is 3.81. The second-order valence-electron chi connectivity index (χ2n) is 4.67. The number of thiophene rings is 1. The van der Waals surface area contributed by atoms with Gasteiger partial charge in [-0.05, 0) is 36.8 Å². The number of carbonyl (C=O) groups is 1. The molecule has 20 heavy (non-hydrogen) atoms. The molecule has 3 nitrogen and oxygen atoms in total. The number of benzene rings is 1. The molecule has 0 bridgehead atoms. The first-order valence-corrected chi connectivity index (χ1v) is 8.14. The Balaban J connectivity index is 1.97. The van der Waals surface area contributed by atoms with E-state index in [0.29, 0.717) is 24.5 Å². The van der Waals surface area contributed by atoms with Gasteiger partial charge in [-0.15, -0.1) is 11.3 Å². The van der Waals surface area contributed by atoms with Crippen molar-refractivity contribution in [2.24, 2.45) is 0 Å². The van der Waals surface area contributed by atoms with Crippen molar-refractivity contribution in [2.75, 3.05) is 13.2 Å². The zero-order chi connectivity index (χ0) is 14.1. The van der Waals surface area contributed by atoms with E-state index in [1.807, 2.05) is 18.2 Å². The highest BCUT2D eigenvalue weighted by molar-refractivity contribution is 9.09. The highest BCUT2D eigenvalue weighted by atomic mass is 79.9. The van der Waals surface area contributed by atoms with E-state index in [0.717, 1.165) is 5.56 Å². The van der Waals surface area contributed by atoms with Crippen molar-refractivity contribution in [3.05, 3.63) is 51.2 Å². The summed E-state index contributed by atoms with van der Waals surface area (Å²) in [7, 11) is 0. The molecule has 0 radical (unpaired) electrons. The van der Waals surface area contributed by atoms with Crippen molar-refractivity contribution >= 4 is 33.2 Å². The molecule has 1 aliphatic rings. The minimum absolute atomic E-state index is 0.0681. The number of nitrogens with one attached hydrogen (secondary N) is 1. The van der Waals surface area contributed by atoms with Gasteiger partial charge in [0.15, 0.2) is 0 Å². The number of halogens is 1. The highest BCUT2D eigenvalue weighted by Crippen LogP contribution is 2.37. The van der Waals surface area contributed by atoms with E-state index >= 15 is 0 Å². The third-order valence-corrected chi connectivity index (χ3v) is 5.59. The SMILES string of the molecule is Cc1ccc(C(Br)c2ccc3c(c2)C(=O)NCCO3)s1. The number of amides is 1. The Hall–Kier alpha value is -1.33. The maximum absolute atomic E-state index is 12.0. The first-order valence-electron chi connectivity index (χ1n) is 6.40. The fourth-order valence-corrected chi connectivity index (χ4v) is 3.78. The summed E-state index contributed by atoms with van der Waals surface area (Å²) in [6, 6.07) is 10.0. The van der Waals surface area contributed by atoms with Gasteiger partial charge in [-0.25, -0.2) is 0 Å². The zero-order valence-corrected chi connectivity index (χ0v) is 13.4. The standard InChI is InChI=1S/C15H14BrNO2S/c1-9-2-5-13(20-9)14(16)10-3-4-12-11(8-10)15(18)17-6-7-19-12/h2-5,8,14H,6-7H2,1H3,(H,17,18). The van der Waals surface area contributed by atoms with Crippen molar-refractivity contribution in [3.8, 4) is 5.75 Å². The largest absolute Gasteiger partial charge is 0.491 e. The van der Waals surface area contributed by atoms with E-state index in [1.165, 1.54) is 9.75 Å². The van der Waals surface area contributed by atoms with Crippen molar-refractivity contribution in [2.45, 2.75) is 11.8 Å². The van der Waals surface area contributed by atoms with Crippen LogP contribution in [0.4, 0.5) is 0 Å². The number of aryl methyl sites for hydroxylation is 1. The van der Waals surface area contributed by atoms with E-state index in [9.17, 15) is 4.79 Å². The minimum atomic E-state index is -0.0681. The van der Waals surface area contributed by atoms with E-state index in [4.69, 9.17) is 4.74 Å². The van der Waals surface area contributed by atoms with E-state index < -0.39 is 0 Å². The molecule has 0 saturated heterocycles. The molecule has 5 heteroatoms. The summed E-state index contributed by atoms with van der Waals surface area (Å²) in [5.74, 6) is 0.590. The molecule has 1 amide bonds. The van der Waals surface area contributed by atoms with Gasteiger partial charge in [0, 0.05) is 9.75 Å². The topological polar surface area (TPSA) is 38.3 Å². The van der Waals surface area contributed by atoms with Crippen LogP contribution in [0.1, 0.15) is 30.5 Å². The van der Waals surface area contributed by atoms with Crippen molar-refractivity contribution in [1.29, 1.82) is 0 Å². The number of hydrogen-bond acceptors (Lipinski definition) is 3. The molecular weight excluding hydrogens is 338 g/mol. The molecule has 0 aliphatic carbocycles. The van der Waals surface area contributed by atoms with Crippen molar-refractivity contribution in [3.63, 3.8) is 0 Å². The first-order chi connectivity index (χ1) is 9.65. The molecule has 1 aliphatic heterocycles. The molecule has 1 unspecified atom stereocenters. The Morgan fingerprint density at radius 3 is 2.95 bits per heavy atom. The van der Waals surface area contributed by atoms with Gasteiger partial charge in [0.1, 0.15) is 12.4 Å². The monoisotopic (exact) mass is 351 g/mol. The lowest BCUT2D eigenvalue weighted by Crippen LogP contribution is -2.24. The summed E-state index contributed by atoms with van der Waals surface area (Å²) in [4.78, 5) is 14.6. The van der Waals surface area contributed by atoms with E-state index in [2.05, 4.69) is 40.3 Å². The maximum atomic E-state index is 12.0. The quantitative estimate of drug-likeness (QED) is 0.838. The van der Waals surface area contributed by atoms with Crippen LogP contribution in [0.25, 0.3) is 0 Å². The second kappa shape index (κ2) is 5.58. The van der Waals surface area contributed by atoms with Gasteiger partial charge in [-0.1, -0.05) is 22.0 Å². The molecule has 1 atom stereocenters. The summed E-state index contributed by atoms with van der Waals surface area (Å²) < 4.78 is 5.57. The molecule has 3 rings (SSSR count). The number of rotatable bonds is 2. The average molecular weight is 352 g/mol. The minimum Gasteiger partial charge on any atom is -0.491 e. The van der Waals surface area contributed by atoms with E-state index in [-0.39, 0.29) is 10.7 Å². The van der Waals surface area contributed by atoms with Gasteiger partial charge >= 0.3 is 0 Å². The number of hydrogen-bond donors (Lipinski definition) is 1. The Morgan fingerprint density at radius 2 is 2.20 bits per heavy atom. The first kappa shape index (κ1) is 13.6. The van der Waals surface area contributed by atoms with Gasteiger partial charge < -0.3 is 10.1 Å². The molecular formula is C15H14BrNO2S. The van der Waals surface area contributed by atoms with Crippen LogP contribution in [-0.2, 0) is 0 Å². The summed E-state index contributed by atoms with van der Waals surface area (Å²) in [5.41, 5.74) is 1.67. The molecule has 1 aromatic carbocycles. The van der Waals surface area contributed by atoms with Crippen LogP contribution in [0.3, 0.4) is 0 Å². The molecule has 2 heterocycles. The summed E-state index contributed by atoms with van der Waals surface area (Å²) in [6.45, 7) is 3.15. The van der Waals surface area contributed by atoms with Crippen LogP contribution in [0, 0.1) is 6.92 Å². The van der Waals surface area contributed by atoms with Gasteiger partial charge in [0.05, 0.1) is 16.9 Å².